The maximum atomic E-state index is 9.64. The lowest BCUT2D eigenvalue weighted by Crippen LogP contribution is -2.45. The number of unbranched alkanes of at least 4 members (excludes halogenated alkanes) is 1. The summed E-state index contributed by atoms with van der Waals surface area (Å²) in [5.41, 5.74) is 0. The Morgan fingerprint density at radius 2 is 2.00 bits per heavy atom. The standard InChI is InChI=1S/C10H20O3.C5H8/c1-3-4-8-5-7(2)10(12)9(6-11)13-8;1-3-5-4-2/h7-12H,3-6H2,1-2H3;1H,4-5H2,2H3. The van der Waals surface area contributed by atoms with Crippen molar-refractivity contribution in [3.05, 3.63) is 0 Å². The van der Waals surface area contributed by atoms with Crippen LogP contribution in [-0.2, 0) is 4.74 Å². The molecule has 18 heavy (non-hydrogen) atoms. The summed E-state index contributed by atoms with van der Waals surface area (Å²) in [6, 6.07) is 0. The molecule has 0 bridgehead atoms. The number of aliphatic hydroxyl groups excluding tert-OH is 2. The molecule has 0 aromatic carbocycles. The first-order chi connectivity index (χ1) is 8.60. The van der Waals surface area contributed by atoms with Crippen LogP contribution < -0.4 is 0 Å². The molecule has 0 saturated carbocycles. The highest BCUT2D eigenvalue weighted by Crippen LogP contribution is 2.27. The second kappa shape index (κ2) is 10.4. The highest BCUT2D eigenvalue weighted by molar-refractivity contribution is 4.83. The number of hydrogen-bond donors (Lipinski definition) is 2. The molecule has 0 aromatic heterocycles. The average Bonchev–Trinajstić information content (AvgIpc) is 2.35. The first-order valence-electron chi connectivity index (χ1n) is 6.98. The van der Waals surface area contributed by atoms with Gasteiger partial charge in [0.2, 0.25) is 0 Å². The average molecular weight is 256 g/mol. The molecule has 0 spiro atoms. The Balaban J connectivity index is 0.000000494. The van der Waals surface area contributed by atoms with Crippen LogP contribution in [0.5, 0.6) is 0 Å². The monoisotopic (exact) mass is 256 g/mol. The minimum atomic E-state index is -0.502. The van der Waals surface area contributed by atoms with E-state index in [2.05, 4.69) is 19.8 Å². The Labute approximate surface area is 112 Å². The summed E-state index contributed by atoms with van der Waals surface area (Å²) in [7, 11) is 0. The molecule has 2 N–H and O–H groups in total. The van der Waals surface area contributed by atoms with Crippen molar-refractivity contribution in [3.8, 4) is 12.3 Å². The number of ether oxygens (including phenoxy) is 1. The van der Waals surface area contributed by atoms with Crippen LogP contribution in [0.2, 0.25) is 0 Å². The van der Waals surface area contributed by atoms with E-state index in [-0.39, 0.29) is 24.7 Å². The Kier molecular flexibility index (Phi) is 10.0. The third kappa shape index (κ3) is 6.39. The fourth-order valence-electron chi connectivity index (χ4n) is 2.11. The van der Waals surface area contributed by atoms with Crippen molar-refractivity contribution in [1.29, 1.82) is 0 Å². The molecule has 4 atom stereocenters. The lowest BCUT2D eigenvalue weighted by atomic mass is 9.89. The number of hydrogen-bond acceptors (Lipinski definition) is 3. The van der Waals surface area contributed by atoms with E-state index in [1.54, 1.807) is 0 Å². The molecule has 3 heteroatoms. The van der Waals surface area contributed by atoms with E-state index in [1.165, 1.54) is 0 Å². The van der Waals surface area contributed by atoms with E-state index < -0.39 is 6.10 Å². The van der Waals surface area contributed by atoms with Crippen molar-refractivity contribution in [1.82, 2.24) is 0 Å². The molecule has 1 fully saturated rings. The van der Waals surface area contributed by atoms with Gasteiger partial charge in [0, 0.05) is 6.42 Å². The van der Waals surface area contributed by atoms with Crippen LogP contribution in [0.1, 0.15) is 52.9 Å². The van der Waals surface area contributed by atoms with Gasteiger partial charge < -0.3 is 14.9 Å². The molecule has 3 nitrogen and oxygen atoms in total. The second-order valence-electron chi connectivity index (χ2n) is 4.93. The summed E-state index contributed by atoms with van der Waals surface area (Å²) in [5, 5.41) is 18.6. The van der Waals surface area contributed by atoms with Gasteiger partial charge in [0.1, 0.15) is 6.10 Å². The lowest BCUT2D eigenvalue weighted by Gasteiger charge is -2.37. The van der Waals surface area contributed by atoms with Gasteiger partial charge in [-0.3, -0.25) is 0 Å². The molecule has 1 heterocycles. The fourth-order valence-corrected chi connectivity index (χ4v) is 2.11. The third-order valence-electron chi connectivity index (χ3n) is 3.15. The Morgan fingerprint density at radius 1 is 1.33 bits per heavy atom. The van der Waals surface area contributed by atoms with Gasteiger partial charge in [-0.25, -0.2) is 0 Å². The van der Waals surface area contributed by atoms with Crippen molar-refractivity contribution in [2.75, 3.05) is 6.61 Å². The summed E-state index contributed by atoms with van der Waals surface area (Å²) in [6.07, 6.45) is 9.28. The fraction of sp³-hybridized carbons (Fsp3) is 0.867. The molecule has 1 aliphatic rings. The molecule has 0 aromatic rings. The second-order valence-corrected chi connectivity index (χ2v) is 4.93. The Hall–Kier alpha value is -0.560. The molecule has 106 valence electrons. The Morgan fingerprint density at radius 3 is 2.39 bits per heavy atom. The lowest BCUT2D eigenvalue weighted by molar-refractivity contribution is -0.156. The van der Waals surface area contributed by atoms with Crippen molar-refractivity contribution >= 4 is 0 Å². The molecule has 1 aliphatic heterocycles. The summed E-state index contributed by atoms with van der Waals surface area (Å²) in [5.74, 6) is 2.76. The minimum Gasteiger partial charge on any atom is -0.394 e. The topological polar surface area (TPSA) is 49.7 Å². The maximum Gasteiger partial charge on any atom is 0.107 e. The molecule has 0 radical (unpaired) electrons. The molecular weight excluding hydrogens is 228 g/mol. The van der Waals surface area contributed by atoms with Crippen LogP contribution >= 0.6 is 0 Å². The quantitative estimate of drug-likeness (QED) is 0.759. The third-order valence-corrected chi connectivity index (χ3v) is 3.15. The molecule has 4 unspecified atom stereocenters. The van der Waals surface area contributed by atoms with Crippen molar-refractivity contribution in [2.45, 2.75) is 71.2 Å². The van der Waals surface area contributed by atoms with E-state index in [9.17, 15) is 5.11 Å². The molecule has 1 saturated heterocycles. The highest BCUT2D eigenvalue weighted by Gasteiger charge is 2.34. The van der Waals surface area contributed by atoms with Gasteiger partial charge in [-0.1, -0.05) is 27.2 Å². The van der Waals surface area contributed by atoms with Crippen LogP contribution in [0.3, 0.4) is 0 Å². The molecule has 0 amide bonds. The number of terminal acetylenes is 1. The van der Waals surface area contributed by atoms with Crippen LogP contribution in [0.15, 0.2) is 0 Å². The summed E-state index contributed by atoms with van der Waals surface area (Å²) < 4.78 is 5.56. The van der Waals surface area contributed by atoms with Crippen LogP contribution in [0.25, 0.3) is 0 Å². The Bertz CT molecular complexity index is 234. The van der Waals surface area contributed by atoms with Crippen molar-refractivity contribution in [3.63, 3.8) is 0 Å². The largest absolute Gasteiger partial charge is 0.394 e. The summed E-state index contributed by atoms with van der Waals surface area (Å²) in [4.78, 5) is 0. The van der Waals surface area contributed by atoms with Crippen LogP contribution in [0.4, 0.5) is 0 Å². The van der Waals surface area contributed by atoms with Gasteiger partial charge >= 0.3 is 0 Å². The van der Waals surface area contributed by atoms with E-state index >= 15 is 0 Å². The number of rotatable bonds is 4. The maximum absolute atomic E-state index is 9.64. The zero-order chi connectivity index (χ0) is 14.0. The minimum absolute atomic E-state index is 0.0777. The summed E-state index contributed by atoms with van der Waals surface area (Å²) >= 11 is 0. The first-order valence-corrected chi connectivity index (χ1v) is 6.98. The molecule has 1 rings (SSSR count). The van der Waals surface area contributed by atoms with Gasteiger partial charge in [0.25, 0.3) is 0 Å². The normalized spacial score (nSPS) is 31.1. The zero-order valence-electron chi connectivity index (χ0n) is 11.9. The van der Waals surface area contributed by atoms with Crippen LogP contribution in [0, 0.1) is 18.3 Å². The van der Waals surface area contributed by atoms with Crippen molar-refractivity contribution < 1.29 is 14.9 Å². The van der Waals surface area contributed by atoms with Crippen LogP contribution in [-0.4, -0.2) is 35.1 Å². The molecular formula is C15H28O3. The number of aliphatic hydroxyl groups is 2. The smallest absolute Gasteiger partial charge is 0.107 e. The van der Waals surface area contributed by atoms with Crippen molar-refractivity contribution in [2.24, 2.45) is 5.92 Å². The highest BCUT2D eigenvalue weighted by atomic mass is 16.5. The van der Waals surface area contributed by atoms with E-state index in [0.717, 1.165) is 32.1 Å². The van der Waals surface area contributed by atoms with Gasteiger partial charge in [0.15, 0.2) is 0 Å². The van der Waals surface area contributed by atoms with Gasteiger partial charge in [-0.2, -0.15) is 0 Å². The predicted molar refractivity (Wildman–Crippen MR) is 74.2 cm³/mol. The molecule has 0 aliphatic carbocycles. The van der Waals surface area contributed by atoms with E-state index in [1.807, 2.05) is 6.92 Å². The SMILES string of the molecule is C#CCCC.CCCC1CC(C)C(O)C(CO)O1. The predicted octanol–water partition coefficient (Wildman–Crippen LogP) is 2.35. The van der Waals surface area contributed by atoms with E-state index in [0.29, 0.717) is 0 Å². The van der Waals surface area contributed by atoms with Gasteiger partial charge in [-0.05, 0) is 25.2 Å². The van der Waals surface area contributed by atoms with Gasteiger partial charge in [-0.15, -0.1) is 12.3 Å². The first kappa shape index (κ1) is 17.4. The van der Waals surface area contributed by atoms with Gasteiger partial charge in [0.05, 0.1) is 18.8 Å². The summed E-state index contributed by atoms with van der Waals surface area (Å²) in [6.45, 7) is 6.12. The van der Waals surface area contributed by atoms with E-state index in [4.69, 9.17) is 16.3 Å². The zero-order valence-corrected chi connectivity index (χ0v) is 11.9.